The molecule has 3 atom stereocenters. The number of hydrogen-bond donors (Lipinski definition) is 3. The lowest BCUT2D eigenvalue weighted by Gasteiger charge is -2.24. The van der Waals surface area contributed by atoms with Crippen molar-refractivity contribution in [3.8, 4) is 0 Å². The second kappa shape index (κ2) is 55.7. The van der Waals surface area contributed by atoms with Crippen molar-refractivity contribution in [1.82, 2.24) is 5.32 Å². The number of amides is 1. The lowest BCUT2D eigenvalue weighted by molar-refractivity contribution is -0.151. The number of unbranched alkanes of at least 4 members (excludes halogenated alkanes) is 27. The van der Waals surface area contributed by atoms with E-state index in [-0.39, 0.29) is 24.9 Å². The summed E-state index contributed by atoms with van der Waals surface area (Å²) in [6, 6.07) is -0.725. The first kappa shape index (κ1) is 65.8. The van der Waals surface area contributed by atoms with Gasteiger partial charge in [-0.25, -0.2) is 0 Å². The van der Waals surface area contributed by atoms with Gasteiger partial charge in [-0.15, -0.1) is 0 Å². The maximum absolute atomic E-state index is 13.3. The summed E-state index contributed by atoms with van der Waals surface area (Å²) in [6.45, 7) is 6.37. The second-order valence-corrected chi connectivity index (χ2v) is 19.5. The molecule has 396 valence electrons. The van der Waals surface area contributed by atoms with Crippen LogP contribution in [-0.4, -0.2) is 46.9 Å². The van der Waals surface area contributed by atoms with Crippen molar-refractivity contribution < 1.29 is 24.5 Å². The smallest absolute Gasteiger partial charge is 0.306 e. The molecule has 3 unspecified atom stereocenters. The molecule has 69 heavy (non-hydrogen) atoms. The van der Waals surface area contributed by atoms with E-state index >= 15 is 0 Å². The molecule has 0 aliphatic heterocycles. The van der Waals surface area contributed by atoms with Crippen LogP contribution in [-0.2, 0) is 14.3 Å². The molecule has 0 fully saturated rings. The number of esters is 1. The van der Waals surface area contributed by atoms with Crippen LogP contribution < -0.4 is 5.32 Å². The Labute approximate surface area is 426 Å². The monoisotopic (exact) mass is 960 g/mol. The highest BCUT2D eigenvalue weighted by atomic mass is 16.5. The normalized spacial score (nSPS) is 13.9. The lowest BCUT2D eigenvalue weighted by Crippen LogP contribution is -2.46. The summed E-state index contributed by atoms with van der Waals surface area (Å²) in [5.41, 5.74) is 0. The zero-order chi connectivity index (χ0) is 50.2. The third-order valence-corrected chi connectivity index (χ3v) is 12.7. The van der Waals surface area contributed by atoms with Gasteiger partial charge in [0.15, 0.2) is 0 Å². The Morgan fingerprint density at radius 2 is 0.826 bits per heavy atom. The quantitative estimate of drug-likeness (QED) is 0.0244. The summed E-state index contributed by atoms with van der Waals surface area (Å²) in [5.74, 6) is -0.532. The first-order valence-corrected chi connectivity index (χ1v) is 29.0. The molecule has 3 N–H and O–H groups in total. The Kier molecular flexibility index (Phi) is 53.1. The molecule has 6 heteroatoms. The van der Waals surface area contributed by atoms with Crippen LogP contribution in [0.3, 0.4) is 0 Å². The molecule has 0 heterocycles. The summed E-state index contributed by atoms with van der Waals surface area (Å²) < 4.78 is 5.94. The zero-order valence-corrected chi connectivity index (χ0v) is 45.2. The first-order valence-electron chi connectivity index (χ1n) is 29.0. The van der Waals surface area contributed by atoms with Crippen LogP contribution in [0.15, 0.2) is 97.2 Å². The molecule has 0 aromatic carbocycles. The fourth-order valence-corrected chi connectivity index (χ4v) is 8.35. The van der Waals surface area contributed by atoms with E-state index in [2.05, 4.69) is 86.8 Å². The zero-order valence-electron chi connectivity index (χ0n) is 45.2. The molecule has 0 bridgehead atoms. The maximum atomic E-state index is 13.3. The number of aliphatic hydroxyl groups is 2. The molecule has 0 rings (SSSR count). The molecule has 0 saturated carbocycles. The Morgan fingerprint density at radius 3 is 1.35 bits per heavy atom. The number of allylic oxidation sites excluding steroid dienone is 16. The van der Waals surface area contributed by atoms with Crippen molar-refractivity contribution in [3.05, 3.63) is 97.2 Å². The number of nitrogens with one attached hydrogen (secondary N) is 1. The van der Waals surface area contributed by atoms with E-state index < -0.39 is 18.2 Å². The topological polar surface area (TPSA) is 95.9 Å². The van der Waals surface area contributed by atoms with Crippen molar-refractivity contribution in [2.75, 3.05) is 6.61 Å². The van der Waals surface area contributed by atoms with Crippen LogP contribution in [0, 0.1) is 0 Å². The van der Waals surface area contributed by atoms with Gasteiger partial charge in [0.05, 0.1) is 25.2 Å². The van der Waals surface area contributed by atoms with E-state index in [4.69, 9.17) is 4.74 Å². The second-order valence-electron chi connectivity index (χ2n) is 19.5. The Morgan fingerprint density at radius 1 is 0.435 bits per heavy atom. The van der Waals surface area contributed by atoms with Crippen molar-refractivity contribution in [2.24, 2.45) is 0 Å². The Hall–Kier alpha value is -3.22. The number of carbonyl (C=O) groups excluding carboxylic acids is 2. The summed E-state index contributed by atoms with van der Waals surface area (Å²) in [4.78, 5) is 26.3. The molecule has 6 nitrogen and oxygen atoms in total. The minimum Gasteiger partial charge on any atom is -0.462 e. The highest BCUT2D eigenvalue weighted by Crippen LogP contribution is 2.18. The third kappa shape index (κ3) is 51.0. The molecule has 1 amide bonds. The summed E-state index contributed by atoms with van der Waals surface area (Å²) in [6.07, 6.45) is 74.6. The summed E-state index contributed by atoms with van der Waals surface area (Å²) in [5, 5.41) is 23.9. The maximum Gasteiger partial charge on any atom is 0.306 e. The van der Waals surface area contributed by atoms with E-state index in [0.29, 0.717) is 19.3 Å². The fraction of sp³-hybridized carbons (Fsp3) is 0.714. The van der Waals surface area contributed by atoms with Crippen LogP contribution in [0.4, 0.5) is 0 Å². The Bertz CT molecular complexity index is 1350. The van der Waals surface area contributed by atoms with Crippen LogP contribution in [0.2, 0.25) is 0 Å². The molecule has 0 aromatic rings. The van der Waals surface area contributed by atoms with E-state index in [1.807, 2.05) is 36.5 Å². The van der Waals surface area contributed by atoms with Crippen LogP contribution in [0.1, 0.15) is 265 Å². The Balaban J connectivity index is 4.68. The molecule has 0 saturated heterocycles. The van der Waals surface area contributed by atoms with Gasteiger partial charge in [-0.05, 0) is 83.5 Å². The van der Waals surface area contributed by atoms with Crippen molar-refractivity contribution in [2.45, 2.75) is 283 Å². The highest BCUT2D eigenvalue weighted by Gasteiger charge is 2.24. The van der Waals surface area contributed by atoms with E-state index in [1.54, 1.807) is 0 Å². The van der Waals surface area contributed by atoms with E-state index in [1.165, 1.54) is 128 Å². The van der Waals surface area contributed by atoms with Gasteiger partial charge >= 0.3 is 5.97 Å². The van der Waals surface area contributed by atoms with Gasteiger partial charge in [0.25, 0.3) is 0 Å². The van der Waals surface area contributed by atoms with E-state index in [9.17, 15) is 19.8 Å². The number of rotatable bonds is 51. The van der Waals surface area contributed by atoms with Gasteiger partial charge < -0.3 is 20.3 Å². The van der Waals surface area contributed by atoms with Gasteiger partial charge in [0.2, 0.25) is 5.91 Å². The number of carbonyl (C=O) groups is 2. The molecular formula is C63H109NO5. The van der Waals surface area contributed by atoms with E-state index in [0.717, 1.165) is 89.9 Å². The number of ether oxygens (including phenoxy) is 1. The predicted octanol–water partition coefficient (Wildman–Crippen LogP) is 18.1. The molecule has 0 aliphatic rings. The molecule has 0 spiro atoms. The minimum atomic E-state index is -0.809. The standard InChI is InChI=1S/C63H109NO5/c1-4-7-10-13-16-19-22-25-28-30-31-32-35-38-41-44-47-50-53-56-63(68)69-59(54-51-48-45-42-39-36-34-29-26-23-20-17-14-11-8-5-2)57-62(67)64-60(58-65)61(66)55-52-49-46-43-40-37-33-27-24-21-18-15-12-9-6-3/h11,14,16-17,19-20,23,25-26,28-29,31-32,34,36,39,59-61,65-66H,4-10,12-13,15,18,21-22,24,27,30,33,35,37-38,40-58H2,1-3H3,(H,64,67)/b14-11+,19-16-,20-17+,26-23+,28-25-,32-31-,34-29+,39-36+. The van der Waals surface area contributed by atoms with Gasteiger partial charge in [-0.1, -0.05) is 266 Å². The average molecular weight is 961 g/mol. The van der Waals surface area contributed by atoms with Crippen molar-refractivity contribution in [1.29, 1.82) is 0 Å². The number of hydrogen-bond acceptors (Lipinski definition) is 5. The fourth-order valence-electron chi connectivity index (χ4n) is 8.35. The molecule has 0 aliphatic carbocycles. The lowest BCUT2D eigenvalue weighted by atomic mass is 10.0. The summed E-state index contributed by atoms with van der Waals surface area (Å²) in [7, 11) is 0. The van der Waals surface area contributed by atoms with Gasteiger partial charge in [-0.2, -0.15) is 0 Å². The van der Waals surface area contributed by atoms with Gasteiger partial charge in [0, 0.05) is 6.42 Å². The molecule has 0 radical (unpaired) electrons. The summed E-state index contributed by atoms with van der Waals surface area (Å²) >= 11 is 0. The molecule has 0 aromatic heterocycles. The number of aliphatic hydroxyl groups excluding tert-OH is 2. The molecular weight excluding hydrogens is 851 g/mol. The third-order valence-electron chi connectivity index (χ3n) is 12.7. The SMILES string of the molecule is CCC/C=C/C=C/C=C/C=C/C=C/CCCCCC(CC(=O)NC(CO)C(O)CCCCCCCCCCCCCCCCC)OC(=O)CCCCCCCC/C=C\C/C=C\C/C=C\CCCCC. The minimum absolute atomic E-state index is 0.0393. The predicted molar refractivity (Wildman–Crippen MR) is 300 cm³/mol. The van der Waals surface area contributed by atoms with Gasteiger partial charge in [-0.3, -0.25) is 9.59 Å². The highest BCUT2D eigenvalue weighted by molar-refractivity contribution is 5.77. The van der Waals surface area contributed by atoms with Crippen LogP contribution in [0.25, 0.3) is 0 Å². The van der Waals surface area contributed by atoms with Gasteiger partial charge in [0.1, 0.15) is 6.10 Å². The van der Waals surface area contributed by atoms with Crippen molar-refractivity contribution >= 4 is 11.9 Å². The first-order chi connectivity index (χ1) is 34.0. The van der Waals surface area contributed by atoms with Crippen molar-refractivity contribution in [3.63, 3.8) is 0 Å². The van der Waals surface area contributed by atoms with Crippen LogP contribution >= 0.6 is 0 Å². The van der Waals surface area contributed by atoms with Crippen LogP contribution in [0.5, 0.6) is 0 Å². The largest absolute Gasteiger partial charge is 0.462 e. The average Bonchev–Trinajstić information content (AvgIpc) is 3.34.